The molecule has 0 bridgehead atoms. The Morgan fingerprint density at radius 3 is 1.07 bits per heavy atom. The van der Waals surface area contributed by atoms with Crippen molar-refractivity contribution in [2.75, 3.05) is 0 Å². The quantitative estimate of drug-likeness (QED) is 0.189. The lowest BCUT2D eigenvalue weighted by Gasteiger charge is -2.32. The average Bonchev–Trinajstić information content (AvgIpc) is 2.71. The number of hydrogen-bond acceptors (Lipinski definition) is 0. The van der Waals surface area contributed by atoms with E-state index in [0.29, 0.717) is 0 Å². The van der Waals surface area contributed by atoms with Gasteiger partial charge in [0.2, 0.25) is 0 Å². The van der Waals surface area contributed by atoms with E-state index in [1.54, 1.807) is 0 Å². The van der Waals surface area contributed by atoms with Crippen LogP contribution < -0.4 is 10.4 Å². The molecule has 0 radical (unpaired) electrons. The topological polar surface area (TPSA) is 0 Å². The van der Waals surface area contributed by atoms with Crippen molar-refractivity contribution in [1.29, 1.82) is 0 Å². The van der Waals surface area contributed by atoms with Gasteiger partial charge in [0.1, 0.15) is 0 Å². The molecule has 0 N–H and O–H groups in total. The monoisotopic (exact) mass is 446 g/mol. The molecule has 0 aliphatic carbocycles. The highest BCUT2D eigenvalue weighted by Crippen LogP contribution is 2.34. The molecule has 3 aromatic carbocycles. The second-order valence-electron chi connectivity index (χ2n) is 7.98. The highest BCUT2D eigenvalue weighted by atomic mass is 35.6. The molecule has 0 fully saturated rings. The van der Waals surface area contributed by atoms with E-state index in [2.05, 4.69) is 76.2 Å². The molecule has 4 heteroatoms. The Morgan fingerprint density at radius 2 is 0.857 bits per heavy atom. The fourth-order valence-corrected chi connectivity index (χ4v) is 13.5. The van der Waals surface area contributed by atoms with Gasteiger partial charge in [0.15, 0.2) is 14.8 Å². The molecule has 0 aromatic heterocycles. The van der Waals surface area contributed by atoms with Crippen molar-refractivity contribution >= 4 is 68.8 Å². The number of halogens is 2. The van der Waals surface area contributed by atoms with Gasteiger partial charge in [-0.3, -0.25) is 0 Å². The summed E-state index contributed by atoms with van der Waals surface area (Å²) < 4.78 is 0. The van der Waals surface area contributed by atoms with Gasteiger partial charge in [0.25, 0.3) is 0 Å². The van der Waals surface area contributed by atoms with Crippen LogP contribution in [0.1, 0.15) is 40.5 Å². The SMILES string of the molecule is CCC[Si](Cl)(CC)c1c2ccccc2c([Si](Cl)(CC)CCC)c2ccccc12. The minimum absolute atomic E-state index is 1.06. The van der Waals surface area contributed by atoms with Crippen molar-refractivity contribution in [3.63, 3.8) is 0 Å². The van der Waals surface area contributed by atoms with Crippen LogP contribution in [0.5, 0.6) is 0 Å². The summed E-state index contributed by atoms with van der Waals surface area (Å²) in [6, 6.07) is 22.2. The van der Waals surface area contributed by atoms with Crippen molar-refractivity contribution in [3.8, 4) is 0 Å². The van der Waals surface area contributed by atoms with E-state index in [-0.39, 0.29) is 0 Å². The molecule has 150 valence electrons. The van der Waals surface area contributed by atoms with Crippen LogP contribution in [-0.4, -0.2) is 14.8 Å². The van der Waals surface area contributed by atoms with Crippen LogP contribution in [0.4, 0.5) is 0 Å². The number of fused-ring (bicyclic) bond motifs is 2. The Kier molecular flexibility index (Phi) is 6.97. The van der Waals surface area contributed by atoms with Crippen LogP contribution >= 0.6 is 22.2 Å². The molecule has 0 nitrogen and oxygen atoms in total. The average molecular weight is 448 g/mol. The lowest BCUT2D eigenvalue weighted by molar-refractivity contribution is 1.05. The molecular weight excluding hydrogens is 415 g/mol. The largest absolute Gasteiger partial charge is 0.187 e. The summed E-state index contributed by atoms with van der Waals surface area (Å²) in [5.41, 5.74) is 0. The van der Waals surface area contributed by atoms with Gasteiger partial charge in [-0.05, 0) is 56.1 Å². The predicted molar refractivity (Wildman–Crippen MR) is 135 cm³/mol. The first kappa shape index (κ1) is 21.9. The fraction of sp³-hybridized carbons (Fsp3) is 0.417. The molecule has 0 aliphatic heterocycles. The zero-order chi connectivity index (χ0) is 20.4. The molecule has 0 amide bonds. The minimum Gasteiger partial charge on any atom is -0.161 e. The van der Waals surface area contributed by atoms with Crippen molar-refractivity contribution in [2.24, 2.45) is 0 Å². The van der Waals surface area contributed by atoms with Crippen LogP contribution in [0.2, 0.25) is 24.2 Å². The predicted octanol–water partition coefficient (Wildman–Crippen LogP) is 7.64. The summed E-state index contributed by atoms with van der Waals surface area (Å²) in [5.74, 6) is 0. The molecule has 28 heavy (non-hydrogen) atoms. The molecule has 3 rings (SSSR count). The summed E-state index contributed by atoms with van der Waals surface area (Å²) in [6.07, 6.45) is 2.26. The zero-order valence-corrected chi connectivity index (χ0v) is 21.1. The first-order chi connectivity index (χ1) is 13.5. The Hall–Kier alpha value is -0.806. The molecule has 0 saturated carbocycles. The maximum absolute atomic E-state index is 7.49. The Balaban J connectivity index is 2.54. The summed E-state index contributed by atoms with van der Waals surface area (Å²) in [7, 11) is -4.19. The standard InChI is InChI=1S/C24H32Cl2Si2/c1-5-17-27(25,7-3)23-19-13-9-11-15-21(19)24(28(26,8-4)18-6-2)22-16-12-10-14-20(22)23/h9-16H,5-8,17-18H2,1-4H3. The molecule has 0 heterocycles. The van der Waals surface area contributed by atoms with Gasteiger partial charge in [0, 0.05) is 0 Å². The molecule has 0 saturated heterocycles. The molecule has 3 aromatic rings. The van der Waals surface area contributed by atoms with E-state index in [1.807, 2.05) is 0 Å². The first-order valence-electron chi connectivity index (χ1n) is 10.8. The zero-order valence-electron chi connectivity index (χ0n) is 17.6. The summed E-state index contributed by atoms with van der Waals surface area (Å²) in [5, 5.41) is 8.30. The van der Waals surface area contributed by atoms with Gasteiger partial charge in [0.05, 0.1) is 0 Å². The third-order valence-electron chi connectivity index (χ3n) is 6.24. The highest BCUT2D eigenvalue weighted by molar-refractivity contribution is 7.30. The second kappa shape index (κ2) is 8.91. The van der Waals surface area contributed by atoms with Crippen LogP contribution in [0, 0.1) is 0 Å². The Bertz CT molecular complexity index is 836. The van der Waals surface area contributed by atoms with Crippen LogP contribution in [-0.2, 0) is 0 Å². The Labute approximate surface area is 181 Å². The van der Waals surface area contributed by atoms with Crippen LogP contribution in [0.3, 0.4) is 0 Å². The summed E-state index contributed by atoms with van der Waals surface area (Å²) in [6.45, 7) is 9.06. The van der Waals surface area contributed by atoms with Crippen LogP contribution in [0.15, 0.2) is 48.5 Å². The number of benzene rings is 3. The van der Waals surface area contributed by atoms with E-state index in [9.17, 15) is 0 Å². The molecule has 0 spiro atoms. The maximum Gasteiger partial charge on any atom is 0.187 e. The molecule has 2 atom stereocenters. The maximum atomic E-state index is 7.49. The van der Waals surface area contributed by atoms with Crippen molar-refractivity contribution in [2.45, 2.75) is 64.7 Å². The van der Waals surface area contributed by atoms with Crippen molar-refractivity contribution in [3.05, 3.63) is 48.5 Å². The normalized spacial score (nSPS) is 16.2. The van der Waals surface area contributed by atoms with Crippen LogP contribution in [0.25, 0.3) is 21.5 Å². The molecule has 0 aliphatic rings. The second-order valence-corrected chi connectivity index (χ2v) is 19.6. The lowest BCUT2D eigenvalue weighted by atomic mass is 10.0. The number of hydrogen-bond donors (Lipinski definition) is 0. The van der Waals surface area contributed by atoms with E-state index in [0.717, 1.165) is 37.0 Å². The van der Waals surface area contributed by atoms with E-state index in [1.165, 1.54) is 31.9 Å². The van der Waals surface area contributed by atoms with E-state index in [4.69, 9.17) is 22.2 Å². The third kappa shape index (κ3) is 3.69. The van der Waals surface area contributed by atoms with Gasteiger partial charge in [-0.1, -0.05) is 89.1 Å². The number of rotatable bonds is 8. The minimum atomic E-state index is -2.09. The van der Waals surface area contributed by atoms with Gasteiger partial charge in [-0.15, -0.1) is 0 Å². The smallest absolute Gasteiger partial charge is 0.161 e. The lowest BCUT2D eigenvalue weighted by Crippen LogP contribution is -2.47. The van der Waals surface area contributed by atoms with Crippen molar-refractivity contribution < 1.29 is 0 Å². The summed E-state index contributed by atoms with van der Waals surface area (Å²) >= 11 is 15.0. The summed E-state index contributed by atoms with van der Waals surface area (Å²) in [4.78, 5) is 0. The molecular formula is C24H32Cl2Si2. The van der Waals surface area contributed by atoms with E-state index < -0.39 is 14.8 Å². The van der Waals surface area contributed by atoms with Gasteiger partial charge >= 0.3 is 0 Å². The van der Waals surface area contributed by atoms with Gasteiger partial charge in [-0.25, -0.2) is 0 Å². The third-order valence-corrected chi connectivity index (χ3v) is 17.8. The Morgan fingerprint density at radius 1 is 0.571 bits per heavy atom. The fourth-order valence-electron chi connectivity index (χ4n) is 4.84. The van der Waals surface area contributed by atoms with E-state index >= 15 is 0 Å². The first-order valence-corrected chi connectivity index (χ1v) is 17.6. The molecule has 2 unspecified atom stereocenters. The highest BCUT2D eigenvalue weighted by Gasteiger charge is 2.38. The van der Waals surface area contributed by atoms with Crippen molar-refractivity contribution in [1.82, 2.24) is 0 Å². The van der Waals surface area contributed by atoms with Gasteiger partial charge < -0.3 is 0 Å². The van der Waals surface area contributed by atoms with Gasteiger partial charge in [-0.2, -0.15) is 22.2 Å².